The molecule has 0 aliphatic carbocycles. The Morgan fingerprint density at radius 1 is 1.04 bits per heavy atom. The number of benzene rings is 1. The topological polar surface area (TPSA) is 66.7 Å². The molecule has 138 valence electrons. The highest BCUT2D eigenvalue weighted by Gasteiger charge is 2.15. The highest BCUT2D eigenvalue weighted by Crippen LogP contribution is 2.22. The molecule has 0 saturated carbocycles. The molecular formula is C21H22N4O2. The van der Waals surface area contributed by atoms with Crippen molar-refractivity contribution in [3.63, 3.8) is 0 Å². The van der Waals surface area contributed by atoms with Crippen LogP contribution in [0.1, 0.15) is 35.2 Å². The molecule has 1 saturated heterocycles. The van der Waals surface area contributed by atoms with Gasteiger partial charge in [0.05, 0.1) is 0 Å². The van der Waals surface area contributed by atoms with Crippen LogP contribution in [0.2, 0.25) is 0 Å². The Bertz CT molecular complexity index is 1030. The maximum atomic E-state index is 12.6. The molecule has 3 aromatic rings. The lowest BCUT2D eigenvalue weighted by atomic mass is 10.1. The minimum absolute atomic E-state index is 0.0261. The zero-order valence-electron chi connectivity index (χ0n) is 15.3. The molecule has 0 atom stereocenters. The van der Waals surface area contributed by atoms with Crippen LogP contribution in [0, 0.1) is 6.92 Å². The number of carbonyl (C=O) groups is 1. The van der Waals surface area contributed by atoms with Crippen molar-refractivity contribution in [2.45, 2.75) is 26.2 Å². The summed E-state index contributed by atoms with van der Waals surface area (Å²) in [4.78, 5) is 31.8. The predicted octanol–water partition coefficient (Wildman–Crippen LogP) is 3.25. The molecule has 6 nitrogen and oxygen atoms in total. The molecule has 1 N–H and O–H groups in total. The molecule has 1 aliphatic rings. The third-order valence-electron chi connectivity index (χ3n) is 4.94. The highest BCUT2D eigenvalue weighted by molar-refractivity contribution is 6.04. The van der Waals surface area contributed by atoms with Gasteiger partial charge in [-0.25, -0.2) is 4.98 Å². The van der Waals surface area contributed by atoms with Crippen molar-refractivity contribution in [2.75, 3.05) is 23.3 Å². The lowest BCUT2D eigenvalue weighted by Gasteiger charge is -2.28. The van der Waals surface area contributed by atoms with E-state index in [-0.39, 0.29) is 11.1 Å². The smallest absolute Gasteiger partial charge is 0.270 e. The molecule has 27 heavy (non-hydrogen) atoms. The zero-order chi connectivity index (χ0) is 18.8. The van der Waals surface area contributed by atoms with Crippen molar-refractivity contribution in [1.29, 1.82) is 0 Å². The molecule has 3 heterocycles. The fraction of sp³-hybridized carbons (Fsp3) is 0.286. The largest absolute Gasteiger partial charge is 0.372 e. The van der Waals surface area contributed by atoms with Crippen LogP contribution in [0.4, 0.5) is 11.4 Å². The summed E-state index contributed by atoms with van der Waals surface area (Å²) in [5.74, 6) is -0.450. The van der Waals surface area contributed by atoms with E-state index in [1.807, 2.05) is 37.3 Å². The summed E-state index contributed by atoms with van der Waals surface area (Å²) in [5.41, 5.74) is 2.93. The lowest BCUT2D eigenvalue weighted by Crippen LogP contribution is -2.29. The van der Waals surface area contributed by atoms with E-state index in [2.05, 4.69) is 15.2 Å². The quantitative estimate of drug-likeness (QED) is 0.777. The van der Waals surface area contributed by atoms with Crippen LogP contribution < -0.4 is 15.8 Å². The SMILES string of the molecule is Cc1ccc2ncc(C(=O)Nc3ccc(N4CCCCC4)cc3)c(=O)n2c1. The van der Waals surface area contributed by atoms with Crippen LogP contribution in [0.15, 0.2) is 53.6 Å². The van der Waals surface area contributed by atoms with Gasteiger partial charge in [-0.05, 0) is 62.1 Å². The monoisotopic (exact) mass is 362 g/mol. The Morgan fingerprint density at radius 3 is 2.52 bits per heavy atom. The average molecular weight is 362 g/mol. The Hall–Kier alpha value is -3.15. The van der Waals surface area contributed by atoms with Gasteiger partial charge in [0.15, 0.2) is 0 Å². The van der Waals surface area contributed by atoms with E-state index < -0.39 is 5.91 Å². The van der Waals surface area contributed by atoms with Crippen molar-refractivity contribution >= 4 is 22.9 Å². The summed E-state index contributed by atoms with van der Waals surface area (Å²) in [6.45, 7) is 4.04. The van der Waals surface area contributed by atoms with E-state index in [9.17, 15) is 9.59 Å². The van der Waals surface area contributed by atoms with Gasteiger partial charge in [-0.3, -0.25) is 14.0 Å². The number of carbonyl (C=O) groups excluding carboxylic acids is 1. The normalized spacial score (nSPS) is 14.3. The van der Waals surface area contributed by atoms with Crippen molar-refractivity contribution in [1.82, 2.24) is 9.38 Å². The minimum atomic E-state index is -0.450. The average Bonchev–Trinajstić information content (AvgIpc) is 2.70. The van der Waals surface area contributed by atoms with Crippen molar-refractivity contribution < 1.29 is 4.79 Å². The van der Waals surface area contributed by atoms with E-state index in [4.69, 9.17) is 0 Å². The number of rotatable bonds is 3. The van der Waals surface area contributed by atoms with Crippen LogP contribution in [-0.2, 0) is 0 Å². The number of nitrogens with zero attached hydrogens (tertiary/aromatic N) is 3. The van der Waals surface area contributed by atoms with Crippen molar-refractivity contribution in [2.24, 2.45) is 0 Å². The molecule has 1 aliphatic heterocycles. The van der Waals surface area contributed by atoms with Crippen LogP contribution in [0.5, 0.6) is 0 Å². The predicted molar refractivity (Wildman–Crippen MR) is 107 cm³/mol. The molecule has 0 spiro atoms. The summed E-state index contributed by atoms with van der Waals surface area (Å²) in [5, 5.41) is 2.80. The molecule has 0 radical (unpaired) electrons. The molecule has 0 bridgehead atoms. The number of hydrogen-bond donors (Lipinski definition) is 1. The fourth-order valence-corrected chi connectivity index (χ4v) is 3.44. The zero-order valence-corrected chi connectivity index (χ0v) is 15.3. The maximum absolute atomic E-state index is 12.6. The molecule has 2 aromatic heterocycles. The van der Waals surface area contributed by atoms with Crippen LogP contribution in [0.3, 0.4) is 0 Å². The van der Waals surface area contributed by atoms with E-state index >= 15 is 0 Å². The molecule has 4 rings (SSSR count). The van der Waals surface area contributed by atoms with Crippen molar-refractivity contribution in [3.05, 3.63) is 70.3 Å². The van der Waals surface area contributed by atoms with E-state index in [0.29, 0.717) is 11.3 Å². The summed E-state index contributed by atoms with van der Waals surface area (Å²) in [6, 6.07) is 11.4. The van der Waals surface area contributed by atoms with Gasteiger partial charge >= 0.3 is 0 Å². The summed E-state index contributed by atoms with van der Waals surface area (Å²) >= 11 is 0. The van der Waals surface area contributed by atoms with Gasteiger partial charge in [0.1, 0.15) is 11.2 Å². The molecule has 1 fully saturated rings. The first-order valence-electron chi connectivity index (χ1n) is 9.26. The number of hydrogen-bond acceptors (Lipinski definition) is 4. The van der Waals surface area contributed by atoms with Gasteiger partial charge < -0.3 is 10.2 Å². The standard InChI is InChI=1S/C21H22N4O2/c1-15-5-10-19-22-13-18(21(27)25(19)14-15)20(26)23-16-6-8-17(9-7-16)24-11-3-2-4-12-24/h5-10,13-14H,2-4,11-12H2,1H3,(H,23,26). The Labute approximate surface area is 157 Å². The maximum Gasteiger partial charge on any atom is 0.270 e. The van der Waals surface area contributed by atoms with Gasteiger partial charge in [-0.1, -0.05) is 6.07 Å². The number of aromatic nitrogens is 2. The first kappa shape index (κ1) is 17.3. The van der Waals surface area contributed by atoms with E-state index in [1.54, 1.807) is 12.3 Å². The fourth-order valence-electron chi connectivity index (χ4n) is 3.44. The molecule has 1 amide bonds. The second kappa shape index (κ2) is 7.23. The Morgan fingerprint density at radius 2 is 1.78 bits per heavy atom. The number of aryl methyl sites for hydroxylation is 1. The number of amides is 1. The van der Waals surface area contributed by atoms with Gasteiger partial charge in [0.2, 0.25) is 0 Å². The number of fused-ring (bicyclic) bond motifs is 1. The van der Waals surface area contributed by atoms with Gasteiger partial charge in [-0.2, -0.15) is 0 Å². The molecule has 1 aromatic carbocycles. The van der Waals surface area contributed by atoms with Gasteiger partial charge in [0.25, 0.3) is 11.5 Å². The third kappa shape index (κ3) is 3.56. The third-order valence-corrected chi connectivity index (χ3v) is 4.94. The first-order valence-corrected chi connectivity index (χ1v) is 9.26. The van der Waals surface area contributed by atoms with E-state index in [0.717, 1.165) is 24.3 Å². The van der Waals surface area contributed by atoms with Crippen molar-refractivity contribution in [3.8, 4) is 0 Å². The lowest BCUT2D eigenvalue weighted by molar-refractivity contribution is 0.102. The van der Waals surface area contributed by atoms with E-state index in [1.165, 1.54) is 29.9 Å². The van der Waals surface area contributed by atoms with Crippen LogP contribution in [0.25, 0.3) is 5.65 Å². The molecular weight excluding hydrogens is 340 g/mol. The summed E-state index contributed by atoms with van der Waals surface area (Å²) in [6.07, 6.45) is 6.76. The number of anilines is 2. The summed E-state index contributed by atoms with van der Waals surface area (Å²) < 4.78 is 1.41. The van der Waals surface area contributed by atoms with Crippen LogP contribution in [-0.4, -0.2) is 28.4 Å². The second-order valence-corrected chi connectivity index (χ2v) is 6.96. The van der Waals surface area contributed by atoms with Gasteiger partial charge in [0, 0.05) is 36.9 Å². The second-order valence-electron chi connectivity index (χ2n) is 6.96. The Kier molecular flexibility index (Phi) is 4.62. The van der Waals surface area contributed by atoms with Gasteiger partial charge in [-0.15, -0.1) is 0 Å². The molecule has 0 unspecified atom stereocenters. The minimum Gasteiger partial charge on any atom is -0.372 e. The summed E-state index contributed by atoms with van der Waals surface area (Å²) in [7, 11) is 0. The number of piperidine rings is 1. The highest BCUT2D eigenvalue weighted by atomic mass is 16.2. The Balaban J connectivity index is 1.54. The number of pyridine rings is 1. The first-order chi connectivity index (χ1) is 13.1. The van der Waals surface area contributed by atoms with Crippen LogP contribution >= 0.6 is 0 Å². The molecule has 6 heteroatoms. The number of nitrogens with one attached hydrogen (secondary N) is 1.